The summed E-state index contributed by atoms with van der Waals surface area (Å²) in [5.74, 6) is 1.66. The van der Waals surface area contributed by atoms with Crippen LogP contribution in [0, 0.1) is 0 Å². The number of hydrogen-bond donors (Lipinski definition) is 0. The van der Waals surface area contributed by atoms with Crippen LogP contribution in [0.5, 0.6) is 5.75 Å². The molecule has 0 amide bonds. The van der Waals surface area contributed by atoms with Crippen LogP contribution in [-0.2, 0) is 12.1 Å². The first-order valence-electron chi connectivity index (χ1n) is 8.90. The molecule has 6 nitrogen and oxygen atoms in total. The van der Waals surface area contributed by atoms with Crippen molar-refractivity contribution in [2.24, 2.45) is 0 Å². The number of rotatable bonds is 5. The van der Waals surface area contributed by atoms with Gasteiger partial charge in [0.15, 0.2) is 16.4 Å². The molecule has 0 atom stereocenters. The van der Waals surface area contributed by atoms with Crippen molar-refractivity contribution in [2.45, 2.75) is 45.3 Å². The smallest absolute Gasteiger partial charge is 0.234 e. The SMILES string of the molecule is CC(C)(Oc1ccc(Cl)cc1)c1nn2c(CN3CCCCC3)nnc2s1. The van der Waals surface area contributed by atoms with E-state index in [1.807, 2.05) is 42.6 Å². The standard InChI is InChI=1S/C18H22ClN5OS/c1-18(2,25-14-8-6-13(19)7-9-14)16-22-24-15(20-21-17(24)26-16)12-23-10-4-3-5-11-23/h6-9H,3-5,10-12H2,1-2H3. The number of fused-ring (bicyclic) bond motifs is 1. The molecule has 0 saturated carbocycles. The molecule has 0 bridgehead atoms. The predicted molar refractivity (Wildman–Crippen MR) is 103 cm³/mol. The van der Waals surface area contributed by atoms with Crippen molar-refractivity contribution in [1.29, 1.82) is 0 Å². The van der Waals surface area contributed by atoms with Gasteiger partial charge < -0.3 is 4.74 Å². The van der Waals surface area contributed by atoms with Crippen LogP contribution in [-0.4, -0.2) is 37.8 Å². The fraction of sp³-hybridized carbons (Fsp3) is 0.500. The zero-order chi connectivity index (χ0) is 18.1. The second kappa shape index (κ2) is 7.13. The number of likely N-dealkylation sites (tertiary alicyclic amines) is 1. The van der Waals surface area contributed by atoms with Gasteiger partial charge in [0.2, 0.25) is 4.96 Å². The lowest BCUT2D eigenvalue weighted by molar-refractivity contribution is 0.107. The van der Waals surface area contributed by atoms with Crippen molar-refractivity contribution in [1.82, 2.24) is 24.7 Å². The second-order valence-corrected chi connectivity index (χ2v) is 8.51. The van der Waals surface area contributed by atoms with Crippen LogP contribution in [0.25, 0.3) is 4.96 Å². The van der Waals surface area contributed by atoms with Gasteiger partial charge in [-0.15, -0.1) is 10.2 Å². The van der Waals surface area contributed by atoms with Crippen LogP contribution < -0.4 is 4.74 Å². The largest absolute Gasteiger partial charge is 0.481 e. The first-order valence-corrected chi connectivity index (χ1v) is 10.1. The fourth-order valence-corrected chi connectivity index (χ4v) is 4.18. The number of benzene rings is 1. The Morgan fingerprint density at radius 1 is 1.12 bits per heavy atom. The van der Waals surface area contributed by atoms with E-state index in [4.69, 9.17) is 21.4 Å². The maximum absolute atomic E-state index is 6.15. The molecule has 2 aromatic heterocycles. The van der Waals surface area contributed by atoms with Gasteiger partial charge in [-0.05, 0) is 64.0 Å². The van der Waals surface area contributed by atoms with E-state index in [2.05, 4.69) is 15.1 Å². The Morgan fingerprint density at radius 2 is 1.85 bits per heavy atom. The summed E-state index contributed by atoms with van der Waals surface area (Å²) in [7, 11) is 0. The molecule has 0 spiro atoms. The summed E-state index contributed by atoms with van der Waals surface area (Å²) in [5, 5.41) is 15.0. The van der Waals surface area contributed by atoms with E-state index in [9.17, 15) is 0 Å². The number of hydrogen-bond acceptors (Lipinski definition) is 6. The van der Waals surface area contributed by atoms with Gasteiger partial charge in [0, 0.05) is 5.02 Å². The van der Waals surface area contributed by atoms with Gasteiger partial charge >= 0.3 is 0 Å². The third kappa shape index (κ3) is 3.70. The first-order chi connectivity index (χ1) is 12.5. The highest BCUT2D eigenvalue weighted by molar-refractivity contribution is 7.16. The molecule has 1 aliphatic rings. The van der Waals surface area contributed by atoms with Gasteiger partial charge in [0.05, 0.1) is 6.54 Å². The number of aromatic nitrogens is 4. The van der Waals surface area contributed by atoms with Crippen LogP contribution in [0.2, 0.25) is 5.02 Å². The summed E-state index contributed by atoms with van der Waals surface area (Å²) in [6, 6.07) is 7.38. The molecule has 4 rings (SSSR count). The Kier molecular flexibility index (Phi) is 4.86. The maximum atomic E-state index is 6.15. The molecule has 1 saturated heterocycles. The van der Waals surface area contributed by atoms with E-state index in [-0.39, 0.29) is 0 Å². The molecule has 138 valence electrons. The third-order valence-corrected chi connectivity index (χ3v) is 6.03. The Hall–Kier alpha value is -1.70. The molecule has 3 heterocycles. The van der Waals surface area contributed by atoms with Crippen molar-refractivity contribution >= 4 is 27.9 Å². The van der Waals surface area contributed by atoms with Crippen LogP contribution in [0.1, 0.15) is 43.9 Å². The molecule has 26 heavy (non-hydrogen) atoms. The summed E-state index contributed by atoms with van der Waals surface area (Å²) in [6.45, 7) is 7.06. The van der Waals surface area contributed by atoms with E-state index in [0.29, 0.717) is 5.02 Å². The minimum absolute atomic E-state index is 0.568. The molecule has 0 unspecified atom stereocenters. The van der Waals surface area contributed by atoms with Crippen LogP contribution >= 0.6 is 22.9 Å². The lowest BCUT2D eigenvalue weighted by Crippen LogP contribution is -2.30. The normalized spacial score (nSPS) is 16.3. The zero-order valence-corrected chi connectivity index (χ0v) is 16.6. The second-order valence-electron chi connectivity index (χ2n) is 7.12. The summed E-state index contributed by atoms with van der Waals surface area (Å²) >= 11 is 7.47. The lowest BCUT2D eigenvalue weighted by atomic mass is 10.1. The summed E-state index contributed by atoms with van der Waals surface area (Å²) in [4.78, 5) is 3.23. The monoisotopic (exact) mass is 391 g/mol. The van der Waals surface area contributed by atoms with Crippen molar-refractivity contribution in [3.05, 3.63) is 40.1 Å². The van der Waals surface area contributed by atoms with Gasteiger partial charge in [-0.25, -0.2) is 0 Å². The zero-order valence-electron chi connectivity index (χ0n) is 15.0. The van der Waals surface area contributed by atoms with Gasteiger partial charge in [-0.2, -0.15) is 9.61 Å². The lowest BCUT2D eigenvalue weighted by Gasteiger charge is -2.25. The first kappa shape index (κ1) is 17.7. The van der Waals surface area contributed by atoms with Crippen LogP contribution in [0.15, 0.2) is 24.3 Å². The molecular formula is C18H22ClN5OS. The molecule has 3 aromatic rings. The molecule has 1 aliphatic heterocycles. The van der Waals surface area contributed by atoms with Gasteiger partial charge in [-0.1, -0.05) is 29.4 Å². The molecule has 8 heteroatoms. The van der Waals surface area contributed by atoms with Crippen LogP contribution in [0.4, 0.5) is 0 Å². The Bertz CT molecular complexity index is 883. The highest BCUT2D eigenvalue weighted by Crippen LogP contribution is 2.31. The van der Waals surface area contributed by atoms with E-state index < -0.39 is 5.60 Å². The van der Waals surface area contributed by atoms with Gasteiger partial charge in [0.25, 0.3) is 0 Å². The summed E-state index contributed by atoms with van der Waals surface area (Å²) in [6.07, 6.45) is 3.83. The molecule has 1 fully saturated rings. The Morgan fingerprint density at radius 3 is 2.58 bits per heavy atom. The third-order valence-electron chi connectivity index (χ3n) is 4.57. The summed E-state index contributed by atoms with van der Waals surface area (Å²) in [5.41, 5.74) is -0.568. The Balaban J connectivity index is 1.55. The van der Waals surface area contributed by atoms with Crippen LogP contribution in [0.3, 0.4) is 0 Å². The van der Waals surface area contributed by atoms with Gasteiger partial charge in [0.1, 0.15) is 5.75 Å². The number of ether oxygens (including phenoxy) is 1. The van der Waals surface area contributed by atoms with Crippen molar-refractivity contribution < 1.29 is 4.74 Å². The predicted octanol–water partition coefficient (Wildman–Crippen LogP) is 4.14. The molecule has 0 N–H and O–H groups in total. The van der Waals surface area contributed by atoms with Crippen molar-refractivity contribution in [2.75, 3.05) is 13.1 Å². The Labute approximate surface area is 161 Å². The molecule has 0 radical (unpaired) electrons. The minimum Gasteiger partial charge on any atom is -0.481 e. The average molecular weight is 392 g/mol. The maximum Gasteiger partial charge on any atom is 0.234 e. The van der Waals surface area contributed by atoms with E-state index in [0.717, 1.165) is 41.2 Å². The van der Waals surface area contributed by atoms with Crippen molar-refractivity contribution in [3.8, 4) is 5.75 Å². The molecule has 0 aliphatic carbocycles. The highest BCUT2D eigenvalue weighted by atomic mass is 35.5. The summed E-state index contributed by atoms with van der Waals surface area (Å²) < 4.78 is 8.01. The van der Waals surface area contributed by atoms with Gasteiger partial charge in [-0.3, -0.25) is 4.90 Å². The van der Waals surface area contributed by atoms with Crippen molar-refractivity contribution in [3.63, 3.8) is 0 Å². The molecular weight excluding hydrogens is 370 g/mol. The van der Waals surface area contributed by atoms with E-state index in [1.54, 1.807) is 0 Å². The quantitative estimate of drug-likeness (QED) is 0.654. The highest BCUT2D eigenvalue weighted by Gasteiger charge is 2.29. The number of halogens is 1. The fourth-order valence-electron chi connectivity index (χ4n) is 3.16. The topological polar surface area (TPSA) is 55.6 Å². The molecule has 1 aromatic carbocycles. The average Bonchev–Trinajstić information content (AvgIpc) is 3.20. The van der Waals surface area contributed by atoms with E-state index >= 15 is 0 Å². The van der Waals surface area contributed by atoms with E-state index in [1.165, 1.54) is 30.6 Å². The number of nitrogens with zero attached hydrogens (tertiary/aromatic N) is 5. The minimum atomic E-state index is -0.568. The number of piperidine rings is 1.